The first-order valence-corrected chi connectivity index (χ1v) is 9.29. The summed E-state index contributed by atoms with van der Waals surface area (Å²) in [5, 5.41) is 5.26. The van der Waals surface area contributed by atoms with E-state index in [9.17, 15) is 9.00 Å². The van der Waals surface area contributed by atoms with Crippen molar-refractivity contribution in [2.24, 2.45) is 0 Å². The quantitative estimate of drug-likeness (QED) is 0.828. The van der Waals surface area contributed by atoms with Crippen LogP contribution in [0.4, 0.5) is 0 Å². The summed E-state index contributed by atoms with van der Waals surface area (Å²) in [6.45, 7) is 0.466. The van der Waals surface area contributed by atoms with E-state index in [1.807, 2.05) is 17.5 Å². The summed E-state index contributed by atoms with van der Waals surface area (Å²) in [6.07, 6.45) is 0. The van der Waals surface area contributed by atoms with Crippen LogP contribution in [0.2, 0.25) is 5.02 Å². The standard InChI is InChI=1S/C15H16ClNO3S2/c1-20-14-5-4-12(16)7-11(14)9-22(19)10-15(18)17-8-13-3-2-6-21-13/h2-7H,8-10H2,1H3,(H,17,18). The molecule has 0 aliphatic rings. The van der Waals surface area contributed by atoms with Crippen LogP contribution in [0.15, 0.2) is 35.7 Å². The molecule has 1 aromatic carbocycles. The lowest BCUT2D eigenvalue weighted by Crippen LogP contribution is -2.27. The van der Waals surface area contributed by atoms with E-state index in [0.717, 1.165) is 10.4 Å². The lowest BCUT2D eigenvalue weighted by atomic mass is 10.2. The SMILES string of the molecule is COc1ccc(Cl)cc1CS(=O)CC(=O)NCc1cccs1. The van der Waals surface area contributed by atoms with Gasteiger partial charge in [-0.05, 0) is 29.6 Å². The highest BCUT2D eigenvalue weighted by atomic mass is 35.5. The highest BCUT2D eigenvalue weighted by molar-refractivity contribution is 7.84. The molecular formula is C15H16ClNO3S2. The Morgan fingerprint density at radius 2 is 2.23 bits per heavy atom. The number of halogens is 1. The maximum Gasteiger partial charge on any atom is 0.232 e. The molecule has 1 unspecified atom stereocenters. The fourth-order valence-electron chi connectivity index (χ4n) is 1.88. The van der Waals surface area contributed by atoms with Crippen LogP contribution >= 0.6 is 22.9 Å². The molecule has 1 aromatic heterocycles. The second-order valence-electron chi connectivity index (χ2n) is 4.54. The molecule has 0 aliphatic heterocycles. The first kappa shape index (κ1) is 17.0. The second kappa shape index (κ2) is 8.31. The lowest BCUT2D eigenvalue weighted by molar-refractivity contribution is -0.118. The monoisotopic (exact) mass is 357 g/mol. The van der Waals surface area contributed by atoms with Crippen molar-refractivity contribution in [2.45, 2.75) is 12.3 Å². The highest BCUT2D eigenvalue weighted by Gasteiger charge is 2.12. The van der Waals surface area contributed by atoms with Crippen LogP contribution in [0, 0.1) is 0 Å². The molecule has 1 N–H and O–H groups in total. The number of nitrogens with one attached hydrogen (secondary N) is 1. The van der Waals surface area contributed by atoms with E-state index in [1.165, 1.54) is 0 Å². The van der Waals surface area contributed by atoms with Gasteiger partial charge in [-0.15, -0.1) is 11.3 Å². The number of benzene rings is 1. The predicted molar refractivity (Wildman–Crippen MR) is 90.9 cm³/mol. The van der Waals surface area contributed by atoms with Crippen LogP contribution in [-0.4, -0.2) is 23.0 Å². The van der Waals surface area contributed by atoms with Crippen LogP contribution in [0.5, 0.6) is 5.75 Å². The van der Waals surface area contributed by atoms with Gasteiger partial charge in [0.15, 0.2) is 0 Å². The molecule has 0 aliphatic carbocycles. The highest BCUT2D eigenvalue weighted by Crippen LogP contribution is 2.23. The normalized spacial score (nSPS) is 11.9. The molecule has 1 amide bonds. The number of amides is 1. The van der Waals surface area contributed by atoms with Gasteiger partial charge in [0.25, 0.3) is 0 Å². The third-order valence-electron chi connectivity index (χ3n) is 2.89. The van der Waals surface area contributed by atoms with Crippen molar-refractivity contribution < 1.29 is 13.7 Å². The molecular weight excluding hydrogens is 342 g/mol. The van der Waals surface area contributed by atoms with Crippen LogP contribution in [0.25, 0.3) is 0 Å². The Kier molecular flexibility index (Phi) is 6.42. The number of carbonyl (C=O) groups is 1. The predicted octanol–water partition coefficient (Wildman–Crippen LogP) is 2.98. The Labute approximate surface area is 140 Å². The van der Waals surface area contributed by atoms with E-state index in [2.05, 4.69) is 5.32 Å². The summed E-state index contributed by atoms with van der Waals surface area (Å²) < 4.78 is 17.3. The van der Waals surface area contributed by atoms with Crippen molar-refractivity contribution in [3.05, 3.63) is 51.2 Å². The average molecular weight is 358 g/mol. The van der Waals surface area contributed by atoms with Gasteiger partial charge in [-0.25, -0.2) is 0 Å². The molecule has 1 atom stereocenters. The Morgan fingerprint density at radius 1 is 1.41 bits per heavy atom. The fraction of sp³-hybridized carbons (Fsp3) is 0.267. The van der Waals surface area contributed by atoms with E-state index in [0.29, 0.717) is 17.3 Å². The van der Waals surface area contributed by atoms with E-state index in [-0.39, 0.29) is 17.4 Å². The second-order valence-corrected chi connectivity index (χ2v) is 7.47. The van der Waals surface area contributed by atoms with E-state index in [1.54, 1.807) is 36.6 Å². The Bertz CT molecular complexity index is 659. The minimum atomic E-state index is -1.32. The number of ether oxygens (including phenoxy) is 1. The van der Waals surface area contributed by atoms with Gasteiger partial charge in [0.2, 0.25) is 5.91 Å². The van der Waals surface area contributed by atoms with Crippen molar-refractivity contribution in [2.75, 3.05) is 12.9 Å². The first-order valence-electron chi connectivity index (χ1n) is 6.55. The van der Waals surface area contributed by atoms with Crippen LogP contribution in [0.1, 0.15) is 10.4 Å². The van der Waals surface area contributed by atoms with Gasteiger partial charge in [0.1, 0.15) is 11.5 Å². The van der Waals surface area contributed by atoms with Gasteiger partial charge in [0, 0.05) is 26.3 Å². The average Bonchev–Trinajstić information content (AvgIpc) is 2.98. The molecule has 2 aromatic rings. The fourth-order valence-corrected chi connectivity index (χ4v) is 3.79. The summed E-state index contributed by atoms with van der Waals surface area (Å²) in [5.74, 6) is 0.585. The van der Waals surface area contributed by atoms with Gasteiger partial charge < -0.3 is 10.1 Å². The van der Waals surface area contributed by atoms with Crippen LogP contribution in [-0.2, 0) is 27.9 Å². The van der Waals surface area contributed by atoms with Crippen molar-refractivity contribution in [3.63, 3.8) is 0 Å². The number of thiophene rings is 1. The maximum absolute atomic E-state index is 12.1. The molecule has 118 valence electrons. The zero-order valence-corrected chi connectivity index (χ0v) is 14.4. The zero-order chi connectivity index (χ0) is 15.9. The summed E-state index contributed by atoms with van der Waals surface area (Å²) in [6, 6.07) is 9.02. The minimum Gasteiger partial charge on any atom is -0.496 e. The molecule has 0 spiro atoms. The van der Waals surface area contributed by atoms with Crippen molar-refractivity contribution in [1.82, 2.24) is 5.32 Å². The Balaban J connectivity index is 1.87. The first-order chi connectivity index (χ1) is 10.6. The Hall–Kier alpha value is -1.37. The number of carbonyl (C=O) groups excluding carboxylic acids is 1. The molecule has 2 rings (SSSR count). The number of hydrogen-bond acceptors (Lipinski definition) is 4. The van der Waals surface area contributed by atoms with E-state index >= 15 is 0 Å². The van der Waals surface area contributed by atoms with Gasteiger partial charge in [-0.3, -0.25) is 9.00 Å². The molecule has 4 nitrogen and oxygen atoms in total. The van der Waals surface area contributed by atoms with E-state index in [4.69, 9.17) is 16.3 Å². The molecule has 0 saturated carbocycles. The molecule has 0 fully saturated rings. The number of methoxy groups -OCH3 is 1. The van der Waals surface area contributed by atoms with Crippen molar-refractivity contribution in [3.8, 4) is 5.75 Å². The molecule has 0 radical (unpaired) electrons. The molecule has 0 bridgehead atoms. The minimum absolute atomic E-state index is 0.0406. The van der Waals surface area contributed by atoms with Gasteiger partial charge in [-0.2, -0.15) is 0 Å². The topological polar surface area (TPSA) is 55.4 Å². The van der Waals surface area contributed by atoms with Gasteiger partial charge in [-0.1, -0.05) is 17.7 Å². The summed E-state index contributed by atoms with van der Waals surface area (Å²) in [7, 11) is 0.228. The Morgan fingerprint density at radius 3 is 2.91 bits per heavy atom. The van der Waals surface area contributed by atoms with Crippen LogP contribution in [0.3, 0.4) is 0 Å². The number of rotatable bonds is 7. The molecule has 7 heteroatoms. The van der Waals surface area contributed by atoms with E-state index < -0.39 is 10.8 Å². The van der Waals surface area contributed by atoms with Gasteiger partial charge >= 0.3 is 0 Å². The number of hydrogen-bond donors (Lipinski definition) is 1. The summed E-state index contributed by atoms with van der Waals surface area (Å²) in [5.41, 5.74) is 0.736. The van der Waals surface area contributed by atoms with Crippen LogP contribution < -0.4 is 10.1 Å². The molecule has 0 saturated heterocycles. The maximum atomic E-state index is 12.1. The molecule has 22 heavy (non-hydrogen) atoms. The largest absolute Gasteiger partial charge is 0.496 e. The lowest BCUT2D eigenvalue weighted by Gasteiger charge is -2.09. The molecule has 1 heterocycles. The summed E-state index contributed by atoms with van der Waals surface area (Å²) in [4.78, 5) is 12.9. The zero-order valence-electron chi connectivity index (χ0n) is 12.0. The van der Waals surface area contributed by atoms with Crippen molar-refractivity contribution >= 4 is 39.6 Å². The smallest absolute Gasteiger partial charge is 0.232 e. The van der Waals surface area contributed by atoms with Gasteiger partial charge in [0.05, 0.1) is 19.4 Å². The van der Waals surface area contributed by atoms with Crippen molar-refractivity contribution in [1.29, 1.82) is 0 Å². The summed E-state index contributed by atoms with van der Waals surface area (Å²) >= 11 is 7.51. The third kappa shape index (κ3) is 5.12. The third-order valence-corrected chi connectivity index (χ3v) is 5.22.